The molecule has 0 radical (unpaired) electrons. The van der Waals surface area contributed by atoms with Gasteiger partial charge in [0.05, 0.1) is 6.04 Å². The van der Waals surface area contributed by atoms with Crippen LogP contribution < -0.4 is 0 Å². The monoisotopic (exact) mass is 269 g/mol. The molecule has 0 bridgehead atoms. The molecule has 1 aliphatic carbocycles. The average Bonchev–Trinajstić information content (AvgIpc) is 2.98. The Kier molecular flexibility index (Phi) is 3.20. The van der Waals surface area contributed by atoms with Crippen molar-refractivity contribution in [2.24, 2.45) is 0 Å². The van der Waals surface area contributed by atoms with E-state index in [1.165, 1.54) is 28.2 Å². The van der Waals surface area contributed by atoms with Crippen LogP contribution in [0.5, 0.6) is 0 Å². The molecule has 20 heavy (non-hydrogen) atoms. The van der Waals surface area contributed by atoms with E-state index >= 15 is 0 Å². The van der Waals surface area contributed by atoms with E-state index < -0.39 is 0 Å². The molecule has 3 rings (SSSR count). The number of rotatable bonds is 3. The highest BCUT2D eigenvalue weighted by molar-refractivity contribution is 6.13. The first-order valence-electron chi connectivity index (χ1n) is 7.33. The number of benzene rings is 1. The van der Waals surface area contributed by atoms with Crippen molar-refractivity contribution < 1.29 is 9.59 Å². The predicted octanol–water partition coefficient (Wildman–Crippen LogP) is 3.11. The number of aryl methyl sites for hydroxylation is 1. The SMILES string of the molecule is CCc1ccc2c(c1)[C@@H](CC)C[C@@H]2N1C(=O)C=CC1=O. The van der Waals surface area contributed by atoms with Gasteiger partial charge in [-0.25, -0.2) is 0 Å². The van der Waals surface area contributed by atoms with Crippen molar-refractivity contribution in [1.82, 2.24) is 4.90 Å². The van der Waals surface area contributed by atoms with Crippen LogP contribution in [-0.4, -0.2) is 16.7 Å². The maximum absolute atomic E-state index is 11.9. The topological polar surface area (TPSA) is 37.4 Å². The molecule has 2 aliphatic rings. The van der Waals surface area contributed by atoms with E-state index in [-0.39, 0.29) is 17.9 Å². The van der Waals surface area contributed by atoms with E-state index in [1.807, 2.05) is 0 Å². The lowest BCUT2D eigenvalue weighted by Crippen LogP contribution is -2.33. The molecule has 104 valence electrons. The average molecular weight is 269 g/mol. The lowest BCUT2D eigenvalue weighted by molar-refractivity contribution is -0.139. The van der Waals surface area contributed by atoms with Crippen LogP contribution in [0.2, 0.25) is 0 Å². The molecule has 0 fully saturated rings. The van der Waals surface area contributed by atoms with E-state index in [9.17, 15) is 9.59 Å². The smallest absolute Gasteiger partial charge is 0.254 e. The van der Waals surface area contributed by atoms with Crippen LogP contribution in [0.1, 0.15) is 55.3 Å². The summed E-state index contributed by atoms with van der Waals surface area (Å²) in [5.41, 5.74) is 3.80. The Morgan fingerprint density at radius 3 is 2.40 bits per heavy atom. The molecular formula is C17H19NO2. The van der Waals surface area contributed by atoms with E-state index in [4.69, 9.17) is 0 Å². The van der Waals surface area contributed by atoms with Crippen LogP contribution in [0.25, 0.3) is 0 Å². The predicted molar refractivity (Wildman–Crippen MR) is 77.2 cm³/mol. The number of nitrogens with zero attached hydrogens (tertiary/aromatic N) is 1. The Labute approximate surface area is 119 Å². The summed E-state index contributed by atoms with van der Waals surface area (Å²) in [6.07, 6.45) is 5.67. The number of hydrogen-bond acceptors (Lipinski definition) is 2. The summed E-state index contributed by atoms with van der Waals surface area (Å²) in [4.78, 5) is 25.3. The molecule has 1 heterocycles. The molecule has 0 spiro atoms. The molecule has 0 N–H and O–H groups in total. The fraction of sp³-hybridized carbons (Fsp3) is 0.412. The first-order valence-corrected chi connectivity index (χ1v) is 7.33. The second kappa shape index (κ2) is 4.89. The second-order valence-corrected chi connectivity index (χ2v) is 5.55. The third-order valence-corrected chi connectivity index (χ3v) is 4.51. The van der Waals surface area contributed by atoms with Gasteiger partial charge < -0.3 is 0 Å². The molecular weight excluding hydrogens is 250 g/mol. The van der Waals surface area contributed by atoms with E-state index in [2.05, 4.69) is 32.0 Å². The maximum Gasteiger partial charge on any atom is 0.254 e. The quantitative estimate of drug-likeness (QED) is 0.791. The maximum atomic E-state index is 11.9. The summed E-state index contributed by atoms with van der Waals surface area (Å²) in [5.74, 6) is 0.0900. The van der Waals surface area contributed by atoms with Crippen molar-refractivity contribution in [3.05, 3.63) is 47.0 Å². The largest absolute Gasteiger partial charge is 0.269 e. The Hall–Kier alpha value is -1.90. The highest BCUT2D eigenvalue weighted by Crippen LogP contribution is 2.46. The zero-order chi connectivity index (χ0) is 14.3. The van der Waals surface area contributed by atoms with Gasteiger partial charge in [0.2, 0.25) is 0 Å². The van der Waals surface area contributed by atoms with Gasteiger partial charge in [-0.05, 0) is 41.9 Å². The zero-order valence-corrected chi connectivity index (χ0v) is 11.9. The molecule has 2 atom stereocenters. The molecule has 3 heteroatoms. The van der Waals surface area contributed by atoms with E-state index in [0.717, 1.165) is 24.8 Å². The van der Waals surface area contributed by atoms with Crippen molar-refractivity contribution in [1.29, 1.82) is 0 Å². The van der Waals surface area contributed by atoms with Gasteiger partial charge >= 0.3 is 0 Å². The van der Waals surface area contributed by atoms with E-state index in [0.29, 0.717) is 5.92 Å². The van der Waals surface area contributed by atoms with Crippen molar-refractivity contribution in [3.8, 4) is 0 Å². The van der Waals surface area contributed by atoms with Gasteiger partial charge in [-0.2, -0.15) is 0 Å². The number of hydrogen-bond donors (Lipinski definition) is 0. The number of carbonyl (C=O) groups excluding carboxylic acids is 2. The number of imide groups is 1. The number of amides is 2. The third kappa shape index (κ3) is 1.89. The Morgan fingerprint density at radius 1 is 1.10 bits per heavy atom. The fourth-order valence-electron chi connectivity index (χ4n) is 3.37. The summed E-state index contributed by atoms with van der Waals surface area (Å²) in [6.45, 7) is 4.31. The van der Waals surface area contributed by atoms with Crippen LogP contribution in [0.4, 0.5) is 0 Å². The molecule has 0 aromatic heterocycles. The molecule has 0 saturated heterocycles. The van der Waals surface area contributed by atoms with Crippen LogP contribution in [0, 0.1) is 0 Å². The molecule has 0 saturated carbocycles. The van der Waals surface area contributed by atoms with Gasteiger partial charge in [-0.1, -0.05) is 32.0 Å². The van der Waals surface area contributed by atoms with Gasteiger partial charge in [0.1, 0.15) is 0 Å². The molecule has 1 aromatic carbocycles. The standard InChI is InChI=1S/C17H19NO2/c1-3-11-5-6-13-14(9-11)12(4-2)10-15(13)18-16(19)7-8-17(18)20/h5-9,12,15H,3-4,10H2,1-2H3/t12-,15-/m0/s1. The van der Waals surface area contributed by atoms with Crippen LogP contribution in [0.15, 0.2) is 30.4 Å². The van der Waals surface area contributed by atoms with Crippen LogP contribution >= 0.6 is 0 Å². The Morgan fingerprint density at radius 2 is 1.80 bits per heavy atom. The van der Waals surface area contributed by atoms with Gasteiger partial charge in [0.25, 0.3) is 11.8 Å². The normalized spacial score (nSPS) is 24.6. The third-order valence-electron chi connectivity index (χ3n) is 4.51. The first kappa shape index (κ1) is 13.1. The highest BCUT2D eigenvalue weighted by atomic mass is 16.2. The Balaban J connectivity index is 2.01. The van der Waals surface area contributed by atoms with Crippen LogP contribution in [-0.2, 0) is 16.0 Å². The second-order valence-electron chi connectivity index (χ2n) is 5.55. The van der Waals surface area contributed by atoms with Gasteiger partial charge in [-0.15, -0.1) is 0 Å². The lowest BCUT2D eigenvalue weighted by atomic mass is 9.96. The van der Waals surface area contributed by atoms with Gasteiger partial charge in [0, 0.05) is 12.2 Å². The number of carbonyl (C=O) groups is 2. The van der Waals surface area contributed by atoms with Crippen molar-refractivity contribution in [2.75, 3.05) is 0 Å². The molecule has 0 unspecified atom stereocenters. The molecule has 2 amide bonds. The van der Waals surface area contributed by atoms with Crippen molar-refractivity contribution >= 4 is 11.8 Å². The minimum atomic E-state index is -0.178. The highest BCUT2D eigenvalue weighted by Gasteiger charge is 2.39. The van der Waals surface area contributed by atoms with Gasteiger partial charge in [0.15, 0.2) is 0 Å². The Bertz CT molecular complexity index is 585. The van der Waals surface area contributed by atoms with Crippen molar-refractivity contribution in [3.63, 3.8) is 0 Å². The summed E-state index contributed by atoms with van der Waals surface area (Å²) >= 11 is 0. The molecule has 1 aliphatic heterocycles. The summed E-state index contributed by atoms with van der Waals surface area (Å²) in [5, 5.41) is 0. The van der Waals surface area contributed by atoms with Crippen molar-refractivity contribution in [2.45, 2.75) is 45.1 Å². The molecule has 1 aromatic rings. The van der Waals surface area contributed by atoms with E-state index in [1.54, 1.807) is 0 Å². The first-order chi connectivity index (χ1) is 9.65. The number of fused-ring (bicyclic) bond motifs is 1. The minimum Gasteiger partial charge on any atom is -0.269 e. The lowest BCUT2D eigenvalue weighted by Gasteiger charge is -2.23. The summed E-state index contributed by atoms with van der Waals surface area (Å²) < 4.78 is 0. The molecule has 3 nitrogen and oxygen atoms in total. The summed E-state index contributed by atoms with van der Waals surface area (Å²) in [7, 11) is 0. The summed E-state index contributed by atoms with van der Waals surface area (Å²) in [6, 6.07) is 6.38. The zero-order valence-electron chi connectivity index (χ0n) is 11.9. The fourth-order valence-corrected chi connectivity index (χ4v) is 3.37. The minimum absolute atomic E-state index is 0.0872. The van der Waals surface area contributed by atoms with Gasteiger partial charge in [-0.3, -0.25) is 14.5 Å². The van der Waals surface area contributed by atoms with Crippen LogP contribution in [0.3, 0.4) is 0 Å².